The molecule has 0 aliphatic carbocycles. The molecule has 9 nitrogen and oxygen atoms in total. The molecule has 0 spiro atoms. The minimum atomic E-state index is -0.539. The van der Waals surface area contributed by atoms with Crippen LogP contribution in [-0.4, -0.2) is 62.9 Å². The van der Waals surface area contributed by atoms with Crippen LogP contribution in [0.15, 0.2) is 48.9 Å². The first-order valence-corrected chi connectivity index (χ1v) is 10.7. The largest absolute Gasteiger partial charge is 0.366 e. The van der Waals surface area contributed by atoms with Gasteiger partial charge in [0.05, 0.1) is 0 Å². The van der Waals surface area contributed by atoms with Gasteiger partial charge >= 0.3 is 6.03 Å². The van der Waals surface area contributed by atoms with Gasteiger partial charge in [-0.25, -0.2) is 28.5 Å². The van der Waals surface area contributed by atoms with E-state index >= 15 is 0 Å². The Labute approximate surface area is 198 Å². The summed E-state index contributed by atoms with van der Waals surface area (Å²) in [5.74, 6) is -0.775. The van der Waals surface area contributed by atoms with E-state index in [9.17, 15) is 18.4 Å². The number of anilines is 2. The number of halogens is 3. The van der Waals surface area contributed by atoms with E-state index in [1.165, 1.54) is 18.6 Å². The number of hydrogen-bond acceptors (Lipinski definition) is 6. The van der Waals surface area contributed by atoms with Crippen LogP contribution in [0.4, 0.5) is 25.2 Å². The smallest absolute Gasteiger partial charge is 0.323 e. The van der Waals surface area contributed by atoms with Gasteiger partial charge in [-0.3, -0.25) is 10.1 Å². The zero-order valence-electron chi connectivity index (χ0n) is 17.8. The van der Waals surface area contributed by atoms with E-state index in [0.717, 1.165) is 18.2 Å². The van der Waals surface area contributed by atoms with Crippen molar-refractivity contribution in [1.29, 1.82) is 0 Å². The lowest BCUT2D eigenvalue weighted by Gasteiger charge is -2.34. The molecule has 1 aromatic carbocycles. The number of rotatable bonds is 5. The van der Waals surface area contributed by atoms with E-state index < -0.39 is 11.6 Å². The van der Waals surface area contributed by atoms with Crippen LogP contribution in [-0.2, 0) is 6.54 Å². The molecule has 12 heteroatoms. The molecule has 3 heterocycles. The van der Waals surface area contributed by atoms with Crippen LogP contribution >= 0.6 is 11.6 Å². The average molecular weight is 488 g/mol. The summed E-state index contributed by atoms with van der Waals surface area (Å²) in [5.41, 5.74) is 0.539. The van der Waals surface area contributed by atoms with Crippen molar-refractivity contribution in [3.63, 3.8) is 0 Å². The molecule has 3 aromatic rings. The highest BCUT2D eigenvalue weighted by atomic mass is 35.5. The van der Waals surface area contributed by atoms with Crippen molar-refractivity contribution in [2.24, 2.45) is 0 Å². The van der Waals surface area contributed by atoms with Gasteiger partial charge in [-0.15, -0.1) is 0 Å². The van der Waals surface area contributed by atoms with Gasteiger partial charge in [0.25, 0.3) is 5.91 Å². The van der Waals surface area contributed by atoms with Gasteiger partial charge in [0, 0.05) is 62.4 Å². The molecule has 1 saturated heterocycles. The Hall–Kier alpha value is -3.86. The summed E-state index contributed by atoms with van der Waals surface area (Å²) in [4.78, 5) is 40.6. The molecule has 1 fully saturated rings. The number of carbonyl (C=O) groups excluding carboxylic acids is 2. The second kappa shape index (κ2) is 10.4. The number of amides is 3. The predicted molar refractivity (Wildman–Crippen MR) is 121 cm³/mol. The summed E-state index contributed by atoms with van der Waals surface area (Å²) in [6, 6.07) is 5.95. The third-order valence-corrected chi connectivity index (χ3v) is 5.48. The Bertz CT molecular complexity index is 1210. The normalized spacial score (nSPS) is 13.5. The molecule has 0 atom stereocenters. The van der Waals surface area contributed by atoms with Crippen LogP contribution in [0.1, 0.15) is 15.9 Å². The molecular formula is C22H20ClF2N7O2. The van der Waals surface area contributed by atoms with Crippen molar-refractivity contribution < 1.29 is 18.4 Å². The minimum absolute atomic E-state index is 0.0117. The Morgan fingerprint density at radius 1 is 0.941 bits per heavy atom. The number of pyridine rings is 1. The number of nitrogens with zero attached hydrogens (tertiary/aromatic N) is 5. The fourth-order valence-electron chi connectivity index (χ4n) is 3.41. The van der Waals surface area contributed by atoms with Gasteiger partial charge in [-0.05, 0) is 30.3 Å². The first kappa shape index (κ1) is 23.3. The minimum Gasteiger partial charge on any atom is -0.366 e. The maximum absolute atomic E-state index is 13.8. The molecule has 0 unspecified atom stereocenters. The monoisotopic (exact) mass is 487 g/mol. The Morgan fingerprint density at radius 2 is 1.68 bits per heavy atom. The van der Waals surface area contributed by atoms with E-state index in [0.29, 0.717) is 37.6 Å². The molecule has 176 valence electrons. The van der Waals surface area contributed by atoms with Crippen LogP contribution < -0.4 is 10.6 Å². The van der Waals surface area contributed by atoms with E-state index in [-0.39, 0.29) is 35.0 Å². The molecule has 2 aromatic heterocycles. The van der Waals surface area contributed by atoms with Gasteiger partial charge in [0.1, 0.15) is 17.5 Å². The summed E-state index contributed by atoms with van der Waals surface area (Å²) in [6.45, 7) is 1.33. The van der Waals surface area contributed by atoms with Gasteiger partial charge < -0.3 is 15.1 Å². The molecule has 1 aliphatic heterocycles. The molecule has 2 N–H and O–H groups in total. The quantitative estimate of drug-likeness (QED) is 0.571. The summed E-state index contributed by atoms with van der Waals surface area (Å²) in [5, 5.41) is 5.60. The van der Waals surface area contributed by atoms with Crippen LogP contribution in [0.2, 0.25) is 5.15 Å². The fourth-order valence-corrected chi connectivity index (χ4v) is 3.56. The van der Waals surface area contributed by atoms with Crippen LogP contribution in [0.5, 0.6) is 0 Å². The Morgan fingerprint density at radius 3 is 2.44 bits per heavy atom. The molecule has 34 heavy (non-hydrogen) atoms. The molecule has 0 radical (unpaired) electrons. The highest BCUT2D eigenvalue weighted by Gasteiger charge is 2.25. The maximum Gasteiger partial charge on any atom is 0.323 e. The Balaban J connectivity index is 1.33. The second-order valence-electron chi connectivity index (χ2n) is 7.42. The Kier molecular flexibility index (Phi) is 7.12. The zero-order valence-corrected chi connectivity index (χ0v) is 18.6. The number of aromatic nitrogens is 3. The zero-order chi connectivity index (χ0) is 24.1. The predicted octanol–water partition coefficient (Wildman–Crippen LogP) is 3.41. The van der Waals surface area contributed by atoms with Crippen LogP contribution in [0, 0.1) is 11.6 Å². The van der Waals surface area contributed by atoms with Crippen molar-refractivity contribution in [2.75, 3.05) is 36.8 Å². The van der Waals surface area contributed by atoms with E-state index in [2.05, 4.69) is 25.6 Å². The molecule has 0 bridgehead atoms. The standard InChI is InChI=1S/C22H20ClF2N7O2/c23-19-20(28-6-5-27-19)30-22(34)32-9-7-31(8-10-32)21(33)14-3-4-26-18(12-14)29-13-15-11-16(24)1-2-17(15)25/h1-6,11-12H,7-10,13H2,(H,26,29)(H,28,30,34). The summed E-state index contributed by atoms with van der Waals surface area (Å²) < 4.78 is 27.2. The van der Waals surface area contributed by atoms with Crippen molar-refractivity contribution in [2.45, 2.75) is 6.54 Å². The lowest BCUT2D eigenvalue weighted by molar-refractivity contribution is 0.0671. The summed E-state index contributed by atoms with van der Waals surface area (Å²) >= 11 is 5.92. The molecule has 0 saturated carbocycles. The van der Waals surface area contributed by atoms with Gasteiger partial charge in [0.2, 0.25) is 0 Å². The number of benzene rings is 1. The molecule has 4 rings (SSSR count). The van der Waals surface area contributed by atoms with Crippen molar-refractivity contribution in [3.05, 3.63) is 76.8 Å². The maximum atomic E-state index is 13.8. The number of piperazine rings is 1. The van der Waals surface area contributed by atoms with Gasteiger partial charge in [-0.1, -0.05) is 11.6 Å². The molecule has 3 amide bonds. The highest BCUT2D eigenvalue weighted by molar-refractivity contribution is 6.32. The number of nitrogens with one attached hydrogen (secondary N) is 2. The van der Waals surface area contributed by atoms with Crippen LogP contribution in [0.25, 0.3) is 0 Å². The molecular weight excluding hydrogens is 468 g/mol. The summed E-state index contributed by atoms with van der Waals surface area (Å²) in [7, 11) is 0. The second-order valence-corrected chi connectivity index (χ2v) is 7.78. The third-order valence-electron chi connectivity index (χ3n) is 5.21. The topological polar surface area (TPSA) is 103 Å². The van der Waals surface area contributed by atoms with Crippen molar-refractivity contribution in [3.8, 4) is 0 Å². The fraction of sp³-hybridized carbons (Fsp3) is 0.227. The van der Waals surface area contributed by atoms with Crippen LogP contribution in [0.3, 0.4) is 0 Å². The van der Waals surface area contributed by atoms with Gasteiger partial charge in [0.15, 0.2) is 11.0 Å². The van der Waals surface area contributed by atoms with Gasteiger partial charge in [-0.2, -0.15) is 0 Å². The highest BCUT2D eigenvalue weighted by Crippen LogP contribution is 2.17. The first-order chi connectivity index (χ1) is 16.4. The number of urea groups is 1. The van der Waals surface area contributed by atoms with Crippen molar-refractivity contribution >= 4 is 35.2 Å². The molecule has 1 aliphatic rings. The van der Waals surface area contributed by atoms with E-state index in [1.807, 2.05) is 0 Å². The number of carbonyl (C=O) groups is 2. The van der Waals surface area contributed by atoms with E-state index in [4.69, 9.17) is 11.6 Å². The SMILES string of the molecule is O=C(Nc1nccnc1Cl)N1CCN(C(=O)c2ccnc(NCc3cc(F)ccc3F)c2)CC1. The number of hydrogen-bond donors (Lipinski definition) is 2. The third kappa shape index (κ3) is 5.54. The lowest BCUT2D eigenvalue weighted by Crippen LogP contribution is -2.51. The first-order valence-electron chi connectivity index (χ1n) is 10.4. The van der Waals surface area contributed by atoms with E-state index in [1.54, 1.807) is 21.9 Å². The summed E-state index contributed by atoms with van der Waals surface area (Å²) in [6.07, 6.45) is 4.30. The lowest BCUT2D eigenvalue weighted by atomic mass is 10.2. The average Bonchev–Trinajstić information content (AvgIpc) is 2.86. The van der Waals surface area contributed by atoms with Crippen molar-refractivity contribution in [1.82, 2.24) is 24.8 Å².